The van der Waals surface area contributed by atoms with Crippen LogP contribution >= 0.6 is 0 Å². The normalized spacial score (nSPS) is 17.0. The number of ether oxygens (including phenoxy) is 1. The van der Waals surface area contributed by atoms with Crippen LogP contribution in [0.4, 0.5) is 0 Å². The first kappa shape index (κ1) is 18.6. The summed E-state index contributed by atoms with van der Waals surface area (Å²) in [5.41, 5.74) is 3.75. The maximum Gasteiger partial charge on any atom is 0.233 e. The van der Waals surface area contributed by atoms with Crippen LogP contribution in [0, 0.1) is 12.8 Å². The van der Waals surface area contributed by atoms with E-state index >= 15 is 0 Å². The number of amides is 2. The smallest absolute Gasteiger partial charge is 0.233 e. The van der Waals surface area contributed by atoms with Crippen LogP contribution in [0.3, 0.4) is 0 Å². The van der Waals surface area contributed by atoms with Gasteiger partial charge >= 0.3 is 0 Å². The van der Waals surface area contributed by atoms with Crippen LogP contribution < -0.4 is 10.1 Å². The summed E-state index contributed by atoms with van der Waals surface area (Å²) in [4.78, 5) is 32.3. The first-order valence-electron chi connectivity index (χ1n) is 8.66. The summed E-state index contributed by atoms with van der Waals surface area (Å²) in [5, 5.41) is 6.37. The molecule has 0 saturated carbocycles. The Bertz CT molecular complexity index is 845. The monoisotopic (exact) mass is 367 g/mol. The molecule has 1 N–H and O–H groups in total. The summed E-state index contributed by atoms with van der Waals surface area (Å²) in [6.07, 6.45) is 1.78. The van der Waals surface area contributed by atoms with E-state index in [4.69, 9.17) is 9.57 Å². The zero-order valence-corrected chi connectivity index (χ0v) is 15.3. The molecule has 1 aromatic carbocycles. The second-order valence-electron chi connectivity index (χ2n) is 6.45. The number of hydrogen-bond acceptors (Lipinski definition) is 6. The quantitative estimate of drug-likeness (QED) is 0.461. The predicted octanol–water partition coefficient (Wildman–Crippen LogP) is 2.37. The van der Waals surface area contributed by atoms with Gasteiger partial charge in [0.1, 0.15) is 13.2 Å². The van der Waals surface area contributed by atoms with Crippen molar-refractivity contribution >= 4 is 17.5 Å². The van der Waals surface area contributed by atoms with E-state index in [1.54, 1.807) is 12.3 Å². The zero-order chi connectivity index (χ0) is 19.2. The lowest BCUT2D eigenvalue weighted by Gasteiger charge is -2.09. The van der Waals surface area contributed by atoms with Gasteiger partial charge in [0, 0.05) is 24.2 Å². The largest absolute Gasteiger partial charge is 0.477 e. The molecule has 3 rings (SSSR count). The van der Waals surface area contributed by atoms with Crippen molar-refractivity contribution in [1.29, 1.82) is 0 Å². The van der Waals surface area contributed by atoms with Gasteiger partial charge in [-0.1, -0.05) is 35.0 Å². The third-order valence-electron chi connectivity index (χ3n) is 4.21. The topological polar surface area (TPSA) is 89.9 Å². The molecule has 0 aliphatic carbocycles. The molecule has 27 heavy (non-hydrogen) atoms. The van der Waals surface area contributed by atoms with E-state index in [1.165, 1.54) is 5.56 Å². The lowest BCUT2D eigenvalue weighted by atomic mass is 10.1. The van der Waals surface area contributed by atoms with Crippen LogP contribution in [0.25, 0.3) is 0 Å². The van der Waals surface area contributed by atoms with Crippen LogP contribution in [0.2, 0.25) is 0 Å². The lowest BCUT2D eigenvalue weighted by Crippen LogP contribution is -2.25. The number of oxime groups is 1. The highest BCUT2D eigenvalue weighted by Gasteiger charge is 2.31. The van der Waals surface area contributed by atoms with E-state index in [-0.39, 0.29) is 24.8 Å². The third kappa shape index (κ3) is 5.13. The number of nitrogens with one attached hydrogen (secondary N) is 1. The van der Waals surface area contributed by atoms with Crippen molar-refractivity contribution in [3.8, 4) is 5.88 Å². The maximum atomic E-state index is 11.5. The van der Waals surface area contributed by atoms with Gasteiger partial charge in [-0.05, 0) is 25.5 Å². The summed E-state index contributed by atoms with van der Waals surface area (Å²) in [6.45, 7) is 4.39. The highest BCUT2D eigenvalue weighted by atomic mass is 16.6. The van der Waals surface area contributed by atoms with Gasteiger partial charge in [-0.2, -0.15) is 0 Å². The van der Waals surface area contributed by atoms with E-state index < -0.39 is 5.92 Å². The Labute approximate surface area is 157 Å². The number of carbonyl (C=O) groups is 2. The number of pyridine rings is 1. The Morgan fingerprint density at radius 1 is 1.22 bits per heavy atom. The van der Waals surface area contributed by atoms with E-state index in [0.29, 0.717) is 18.2 Å². The molecule has 1 aliphatic heterocycles. The number of imide groups is 1. The average molecular weight is 367 g/mol. The minimum absolute atomic E-state index is 0.122. The summed E-state index contributed by atoms with van der Waals surface area (Å²) in [6, 6.07) is 11.6. The molecule has 1 unspecified atom stereocenters. The minimum Gasteiger partial charge on any atom is -0.477 e. The van der Waals surface area contributed by atoms with Gasteiger partial charge in [-0.25, -0.2) is 4.98 Å². The fourth-order valence-corrected chi connectivity index (χ4v) is 2.55. The Morgan fingerprint density at radius 3 is 2.63 bits per heavy atom. The molecule has 2 heterocycles. The minimum atomic E-state index is -0.461. The number of nitrogens with zero attached hydrogens (tertiary/aromatic N) is 2. The lowest BCUT2D eigenvalue weighted by molar-refractivity contribution is -0.126. The Hall–Kier alpha value is -3.22. The van der Waals surface area contributed by atoms with Crippen LogP contribution in [-0.4, -0.2) is 29.1 Å². The van der Waals surface area contributed by atoms with Gasteiger partial charge in [0.05, 0.1) is 11.6 Å². The van der Waals surface area contributed by atoms with Crippen molar-refractivity contribution in [3.05, 3.63) is 59.3 Å². The molecule has 7 nitrogen and oxygen atoms in total. The van der Waals surface area contributed by atoms with Crippen LogP contribution in [0.1, 0.15) is 30.0 Å². The van der Waals surface area contributed by atoms with Crippen LogP contribution in [-0.2, 0) is 21.0 Å². The fourth-order valence-electron chi connectivity index (χ4n) is 2.55. The standard InChI is InChI=1S/C20H21N3O4/c1-13-3-5-15(6-4-13)11-27-23-14(2)16-7-8-19(21-10-16)26-12-17-9-18(24)22-20(17)25/h3-8,10,17H,9,11-12H2,1-2H3,(H,22,24,25)/b23-14+. The zero-order valence-electron chi connectivity index (χ0n) is 15.3. The number of carbonyl (C=O) groups excluding carboxylic acids is 2. The first-order valence-corrected chi connectivity index (χ1v) is 8.66. The van der Waals surface area contributed by atoms with E-state index in [1.807, 2.05) is 44.2 Å². The van der Waals surface area contributed by atoms with Crippen LogP contribution in [0.5, 0.6) is 5.88 Å². The number of benzene rings is 1. The van der Waals surface area contributed by atoms with Gasteiger partial charge in [-0.3, -0.25) is 14.9 Å². The van der Waals surface area contributed by atoms with Gasteiger partial charge in [0.25, 0.3) is 0 Å². The molecule has 1 saturated heterocycles. The Balaban J connectivity index is 1.50. The van der Waals surface area contributed by atoms with E-state index in [2.05, 4.69) is 15.5 Å². The molecule has 1 atom stereocenters. The molecule has 0 radical (unpaired) electrons. The highest BCUT2D eigenvalue weighted by molar-refractivity contribution is 6.03. The van der Waals surface area contributed by atoms with E-state index in [0.717, 1.165) is 11.1 Å². The second kappa shape index (κ2) is 8.44. The molecule has 0 bridgehead atoms. The highest BCUT2D eigenvalue weighted by Crippen LogP contribution is 2.15. The summed E-state index contributed by atoms with van der Waals surface area (Å²) >= 11 is 0. The number of aryl methyl sites for hydroxylation is 1. The molecule has 1 aliphatic rings. The van der Waals surface area contributed by atoms with Gasteiger partial charge in [-0.15, -0.1) is 0 Å². The molecule has 1 fully saturated rings. The van der Waals surface area contributed by atoms with Crippen molar-refractivity contribution in [3.63, 3.8) is 0 Å². The van der Waals surface area contributed by atoms with Crippen molar-refractivity contribution in [2.75, 3.05) is 6.61 Å². The average Bonchev–Trinajstić information content (AvgIpc) is 2.99. The molecular weight excluding hydrogens is 346 g/mol. The fraction of sp³-hybridized carbons (Fsp3) is 0.300. The van der Waals surface area contributed by atoms with Crippen LogP contribution in [0.15, 0.2) is 47.8 Å². The SMILES string of the molecule is C/C(=N\OCc1ccc(C)cc1)c1ccc(OCC2CC(=O)NC2=O)nc1. The Kier molecular flexibility index (Phi) is 5.80. The number of aromatic nitrogens is 1. The van der Waals surface area contributed by atoms with Gasteiger partial charge < -0.3 is 9.57 Å². The Morgan fingerprint density at radius 2 is 2.00 bits per heavy atom. The molecule has 140 valence electrons. The summed E-state index contributed by atoms with van der Waals surface area (Å²) < 4.78 is 5.50. The molecule has 2 aromatic rings. The molecule has 0 spiro atoms. The van der Waals surface area contributed by atoms with E-state index in [9.17, 15) is 9.59 Å². The van der Waals surface area contributed by atoms with Crippen molar-refractivity contribution in [2.45, 2.75) is 26.9 Å². The second-order valence-corrected chi connectivity index (χ2v) is 6.45. The molecule has 7 heteroatoms. The number of rotatable bonds is 7. The molecular formula is C20H21N3O4. The summed E-state index contributed by atoms with van der Waals surface area (Å²) in [5.74, 6) is -0.642. The van der Waals surface area contributed by atoms with Crippen molar-refractivity contribution in [1.82, 2.24) is 10.3 Å². The van der Waals surface area contributed by atoms with Gasteiger partial charge in [0.2, 0.25) is 17.7 Å². The first-order chi connectivity index (χ1) is 13.0. The van der Waals surface area contributed by atoms with Crippen molar-refractivity contribution in [2.24, 2.45) is 11.1 Å². The number of hydrogen-bond donors (Lipinski definition) is 1. The third-order valence-corrected chi connectivity index (χ3v) is 4.21. The summed E-state index contributed by atoms with van der Waals surface area (Å²) in [7, 11) is 0. The maximum absolute atomic E-state index is 11.5. The van der Waals surface area contributed by atoms with Gasteiger partial charge in [0.15, 0.2) is 0 Å². The predicted molar refractivity (Wildman–Crippen MR) is 99.2 cm³/mol. The molecule has 2 amide bonds. The van der Waals surface area contributed by atoms with Crippen molar-refractivity contribution < 1.29 is 19.2 Å². The molecule has 1 aromatic heterocycles.